The third-order valence-electron chi connectivity index (χ3n) is 5.71. The largest absolute Gasteiger partial charge is 0.495 e. The van der Waals surface area contributed by atoms with Gasteiger partial charge in [-0.05, 0) is 42.8 Å². The van der Waals surface area contributed by atoms with E-state index in [0.29, 0.717) is 5.56 Å². The molecule has 1 aliphatic heterocycles. The Balaban J connectivity index is 1.74. The first kappa shape index (κ1) is 26.2. The zero-order valence-electron chi connectivity index (χ0n) is 20.1. The van der Waals surface area contributed by atoms with Crippen LogP contribution in [0.3, 0.4) is 0 Å². The summed E-state index contributed by atoms with van der Waals surface area (Å²) < 4.78 is 45.1. The molecule has 0 aromatic heterocycles. The van der Waals surface area contributed by atoms with Crippen LogP contribution in [0.5, 0.6) is 5.75 Å². The van der Waals surface area contributed by atoms with Gasteiger partial charge in [-0.3, -0.25) is 4.90 Å². The molecule has 1 aliphatic rings. The maximum atomic E-state index is 13.6. The Morgan fingerprint density at radius 3 is 2.60 bits per heavy atom. The highest BCUT2D eigenvalue weighted by molar-refractivity contribution is 7.90. The van der Waals surface area contributed by atoms with E-state index >= 15 is 0 Å². The molecule has 35 heavy (non-hydrogen) atoms. The number of allylic oxidation sites excluding steroid dienone is 2. The molecule has 186 valence electrons. The van der Waals surface area contributed by atoms with Crippen molar-refractivity contribution < 1.29 is 22.3 Å². The van der Waals surface area contributed by atoms with Crippen molar-refractivity contribution in [1.82, 2.24) is 10.2 Å². The molecule has 0 spiro atoms. The summed E-state index contributed by atoms with van der Waals surface area (Å²) in [4.78, 5) is 14.7. The van der Waals surface area contributed by atoms with E-state index in [1.54, 1.807) is 6.92 Å². The Kier molecular flexibility index (Phi) is 8.14. The van der Waals surface area contributed by atoms with Crippen LogP contribution in [0.2, 0.25) is 0 Å². The number of rotatable bonds is 9. The predicted octanol–water partition coefficient (Wildman–Crippen LogP) is 4.72. The number of nitrogens with zero attached hydrogens (tertiary/aromatic N) is 1. The molecule has 1 unspecified atom stereocenters. The van der Waals surface area contributed by atoms with E-state index in [9.17, 15) is 17.6 Å². The molecule has 0 bridgehead atoms. The van der Waals surface area contributed by atoms with E-state index in [0.717, 1.165) is 18.7 Å². The minimum atomic E-state index is -3.66. The van der Waals surface area contributed by atoms with Gasteiger partial charge in [0.25, 0.3) is 0 Å². The number of hydrogen-bond acceptors (Lipinski definition) is 5. The highest BCUT2D eigenvalue weighted by Crippen LogP contribution is 2.30. The van der Waals surface area contributed by atoms with Gasteiger partial charge in [0.2, 0.25) is 0 Å². The number of ether oxygens (including phenoxy) is 1. The van der Waals surface area contributed by atoms with Gasteiger partial charge in [-0.1, -0.05) is 43.5 Å². The average molecular weight is 500 g/mol. The van der Waals surface area contributed by atoms with E-state index in [2.05, 4.69) is 28.7 Å². The van der Waals surface area contributed by atoms with Gasteiger partial charge in [0, 0.05) is 24.7 Å². The fourth-order valence-electron chi connectivity index (χ4n) is 4.01. The van der Waals surface area contributed by atoms with Crippen molar-refractivity contribution >= 4 is 21.6 Å². The summed E-state index contributed by atoms with van der Waals surface area (Å²) >= 11 is 0. The Hall–Kier alpha value is -3.43. The predicted molar refractivity (Wildman–Crippen MR) is 136 cm³/mol. The van der Waals surface area contributed by atoms with Crippen LogP contribution in [-0.4, -0.2) is 39.5 Å². The van der Waals surface area contributed by atoms with Crippen molar-refractivity contribution in [2.45, 2.75) is 36.7 Å². The van der Waals surface area contributed by atoms with Crippen LogP contribution in [0, 0.1) is 0 Å². The summed E-state index contributed by atoms with van der Waals surface area (Å²) in [5, 5.41) is 5.21. The zero-order valence-corrected chi connectivity index (χ0v) is 20.9. The molecule has 0 saturated heterocycles. The lowest BCUT2D eigenvalue weighted by molar-refractivity contribution is 0.250. The molecule has 2 N–H and O–H groups in total. The third kappa shape index (κ3) is 6.37. The van der Waals surface area contributed by atoms with E-state index in [-0.39, 0.29) is 27.7 Å². The molecule has 9 heteroatoms. The fourth-order valence-corrected chi connectivity index (χ4v) is 5.36. The highest BCUT2D eigenvalue weighted by Gasteiger charge is 2.22. The second kappa shape index (κ2) is 10.9. The summed E-state index contributed by atoms with van der Waals surface area (Å²) in [7, 11) is -0.255. The van der Waals surface area contributed by atoms with Crippen LogP contribution in [0.25, 0.3) is 0 Å². The lowest BCUT2D eigenvalue weighted by Gasteiger charge is -2.18. The van der Waals surface area contributed by atoms with Gasteiger partial charge in [0.05, 0.1) is 29.5 Å². The molecular weight excluding hydrogens is 469 g/mol. The van der Waals surface area contributed by atoms with Gasteiger partial charge >= 0.3 is 6.03 Å². The van der Waals surface area contributed by atoms with E-state index in [1.807, 2.05) is 25.2 Å². The number of urea groups is 1. The smallest absolute Gasteiger partial charge is 0.319 e. The minimum Gasteiger partial charge on any atom is -0.495 e. The number of sulfone groups is 1. The van der Waals surface area contributed by atoms with Crippen molar-refractivity contribution in [3.05, 3.63) is 89.8 Å². The average Bonchev–Trinajstić information content (AvgIpc) is 3.16. The van der Waals surface area contributed by atoms with Crippen molar-refractivity contribution in [2.24, 2.45) is 0 Å². The van der Waals surface area contributed by atoms with Gasteiger partial charge in [-0.2, -0.15) is 0 Å². The molecule has 2 aromatic rings. The lowest BCUT2D eigenvalue weighted by Crippen LogP contribution is -2.37. The SMILES string of the molecule is C=C/C=C(\C(=C)F)C(C)NC(=O)Nc1ccc(S(=O)(=O)Cc2ccc3c(c2)CN(C)C3)cc1OC. The number of carbonyl (C=O) groups excluding carboxylic acids is 1. The van der Waals surface area contributed by atoms with E-state index in [4.69, 9.17) is 4.74 Å². The third-order valence-corrected chi connectivity index (χ3v) is 7.40. The molecule has 0 radical (unpaired) electrons. The quantitative estimate of drug-likeness (QED) is 0.488. The number of amides is 2. The van der Waals surface area contributed by atoms with Crippen molar-refractivity contribution in [1.29, 1.82) is 0 Å². The molecule has 0 aliphatic carbocycles. The van der Waals surface area contributed by atoms with Crippen LogP contribution >= 0.6 is 0 Å². The van der Waals surface area contributed by atoms with Crippen LogP contribution in [0.4, 0.5) is 14.9 Å². The van der Waals surface area contributed by atoms with Gasteiger partial charge in [-0.15, -0.1) is 0 Å². The molecule has 0 saturated carbocycles. The van der Waals surface area contributed by atoms with Crippen LogP contribution in [-0.2, 0) is 28.7 Å². The van der Waals surface area contributed by atoms with E-state index in [1.165, 1.54) is 43.0 Å². The Morgan fingerprint density at radius 1 is 1.23 bits per heavy atom. The van der Waals surface area contributed by atoms with Gasteiger partial charge < -0.3 is 15.4 Å². The first-order chi connectivity index (χ1) is 16.5. The van der Waals surface area contributed by atoms with Crippen molar-refractivity contribution in [3.63, 3.8) is 0 Å². The first-order valence-corrected chi connectivity index (χ1v) is 12.6. The fraction of sp³-hybridized carbons (Fsp3) is 0.269. The highest BCUT2D eigenvalue weighted by atomic mass is 32.2. The Bertz CT molecular complexity index is 1290. The van der Waals surface area contributed by atoms with Crippen LogP contribution in [0.15, 0.2) is 78.0 Å². The summed E-state index contributed by atoms with van der Waals surface area (Å²) in [5.74, 6) is -0.648. The molecular formula is C26H30FN3O4S. The Morgan fingerprint density at radius 2 is 1.94 bits per heavy atom. The monoisotopic (exact) mass is 499 g/mol. The second-order valence-corrected chi connectivity index (χ2v) is 10.5. The summed E-state index contributed by atoms with van der Waals surface area (Å²) in [6, 6.07) is 8.72. The molecule has 0 fully saturated rings. The number of benzene rings is 2. The second-order valence-electron chi connectivity index (χ2n) is 8.48. The number of hydrogen-bond donors (Lipinski definition) is 2. The maximum Gasteiger partial charge on any atom is 0.319 e. The van der Waals surface area contributed by atoms with Crippen molar-refractivity contribution in [2.75, 3.05) is 19.5 Å². The lowest BCUT2D eigenvalue weighted by atomic mass is 10.1. The maximum absolute atomic E-state index is 13.6. The minimum absolute atomic E-state index is 0.0798. The number of anilines is 1. The van der Waals surface area contributed by atoms with Gasteiger partial charge in [0.15, 0.2) is 9.84 Å². The van der Waals surface area contributed by atoms with E-state index < -0.39 is 27.7 Å². The normalized spacial score (nSPS) is 14.7. The zero-order chi connectivity index (χ0) is 25.8. The molecule has 2 amide bonds. The Labute approximate surface area is 205 Å². The number of nitrogens with one attached hydrogen (secondary N) is 2. The van der Waals surface area contributed by atoms with Crippen LogP contribution < -0.4 is 15.4 Å². The van der Waals surface area contributed by atoms with Gasteiger partial charge in [0.1, 0.15) is 11.6 Å². The molecule has 1 atom stereocenters. The van der Waals surface area contributed by atoms with Gasteiger partial charge in [-0.25, -0.2) is 17.6 Å². The molecule has 3 rings (SSSR count). The number of fused-ring (bicyclic) bond motifs is 1. The summed E-state index contributed by atoms with van der Waals surface area (Å²) in [6.07, 6.45) is 2.83. The number of halogens is 1. The first-order valence-electron chi connectivity index (χ1n) is 11.0. The summed E-state index contributed by atoms with van der Waals surface area (Å²) in [6.45, 7) is 10.0. The standard InChI is InChI=1S/C26H30FN3O4S/c1-6-7-23(17(2)27)18(3)28-26(31)29-24-11-10-22(13-25(24)34-5)35(32,33)16-19-8-9-20-14-30(4)15-21(20)12-19/h6-13,18H,1-2,14-16H2,3-5H3,(H2,28,29,31)/b23-7+. The molecule has 7 nitrogen and oxygen atoms in total. The van der Waals surface area contributed by atoms with Crippen LogP contribution in [0.1, 0.15) is 23.6 Å². The molecule has 1 heterocycles. The summed E-state index contributed by atoms with van der Waals surface area (Å²) in [5.41, 5.74) is 3.51. The van der Waals surface area contributed by atoms with Crippen molar-refractivity contribution in [3.8, 4) is 5.75 Å². The number of methoxy groups -OCH3 is 1. The molecule has 2 aromatic carbocycles. The number of carbonyl (C=O) groups is 1. The topological polar surface area (TPSA) is 87.7 Å².